The first-order valence-corrected chi connectivity index (χ1v) is 9.30. The molecule has 1 heterocycles. The van der Waals surface area contributed by atoms with Gasteiger partial charge in [0.1, 0.15) is 11.9 Å². The van der Waals surface area contributed by atoms with Gasteiger partial charge < -0.3 is 15.4 Å². The van der Waals surface area contributed by atoms with Crippen LogP contribution in [0.25, 0.3) is 0 Å². The van der Waals surface area contributed by atoms with Gasteiger partial charge in [0.2, 0.25) is 5.91 Å². The van der Waals surface area contributed by atoms with Crippen molar-refractivity contribution in [1.29, 1.82) is 0 Å². The second-order valence-corrected chi connectivity index (χ2v) is 7.53. The molecule has 1 amide bonds. The third-order valence-electron chi connectivity index (χ3n) is 5.59. The summed E-state index contributed by atoms with van der Waals surface area (Å²) in [6, 6.07) is 6.54. The van der Waals surface area contributed by atoms with Crippen molar-refractivity contribution in [2.75, 3.05) is 13.1 Å². The molecule has 1 aliphatic heterocycles. The van der Waals surface area contributed by atoms with E-state index in [1.165, 1.54) is 17.5 Å². The number of carbonyl (C=O) groups excluding carboxylic acids is 1. The second kappa shape index (κ2) is 8.91. The zero-order valence-corrected chi connectivity index (χ0v) is 16.2. The van der Waals surface area contributed by atoms with E-state index in [0.29, 0.717) is 12.3 Å². The van der Waals surface area contributed by atoms with Gasteiger partial charge in [-0.2, -0.15) is 0 Å². The fourth-order valence-electron chi connectivity index (χ4n) is 3.91. The summed E-state index contributed by atoms with van der Waals surface area (Å²) in [5.41, 5.74) is 8.49. The highest BCUT2D eigenvalue weighted by Gasteiger charge is 2.30. The van der Waals surface area contributed by atoms with Gasteiger partial charge in [-0.3, -0.25) is 4.79 Å². The van der Waals surface area contributed by atoms with Crippen LogP contribution in [-0.4, -0.2) is 36.0 Å². The topological polar surface area (TPSA) is 55.6 Å². The summed E-state index contributed by atoms with van der Waals surface area (Å²) in [5, 5.41) is 0. The van der Waals surface area contributed by atoms with E-state index in [1.54, 1.807) is 0 Å². The Balaban J connectivity index is 0.00000225. The predicted octanol–water partition coefficient (Wildman–Crippen LogP) is 3.61. The molecule has 140 valence electrons. The summed E-state index contributed by atoms with van der Waals surface area (Å²) >= 11 is 0. The average molecular weight is 367 g/mol. The lowest BCUT2D eigenvalue weighted by atomic mass is 9.98. The van der Waals surface area contributed by atoms with E-state index in [2.05, 4.69) is 32.0 Å². The highest BCUT2D eigenvalue weighted by molar-refractivity contribution is 5.85. The lowest BCUT2D eigenvalue weighted by Crippen LogP contribution is -2.43. The molecule has 1 saturated heterocycles. The van der Waals surface area contributed by atoms with E-state index >= 15 is 0 Å². The van der Waals surface area contributed by atoms with Crippen LogP contribution in [-0.2, 0) is 4.79 Å². The van der Waals surface area contributed by atoms with Gasteiger partial charge in [0.05, 0.1) is 0 Å². The molecular weight excluding hydrogens is 336 g/mol. The number of piperidine rings is 1. The summed E-state index contributed by atoms with van der Waals surface area (Å²) < 4.78 is 6.19. The maximum atomic E-state index is 12.5. The number of aryl methyl sites for hydroxylation is 2. The Morgan fingerprint density at radius 2 is 1.92 bits per heavy atom. The third-order valence-corrected chi connectivity index (χ3v) is 5.59. The summed E-state index contributed by atoms with van der Waals surface area (Å²) in [6.07, 6.45) is 6.02. The number of nitrogens with zero attached hydrogens (tertiary/aromatic N) is 1. The van der Waals surface area contributed by atoms with Crippen LogP contribution in [0.5, 0.6) is 5.75 Å². The first-order chi connectivity index (χ1) is 11.5. The molecule has 3 rings (SSSR count). The minimum atomic E-state index is 0. The smallest absolute Gasteiger partial charge is 0.222 e. The van der Waals surface area contributed by atoms with Gasteiger partial charge in [-0.1, -0.05) is 18.6 Å². The average Bonchev–Trinajstić information content (AvgIpc) is 2.96. The maximum Gasteiger partial charge on any atom is 0.222 e. The van der Waals surface area contributed by atoms with Crippen molar-refractivity contribution in [1.82, 2.24) is 4.90 Å². The molecule has 0 spiro atoms. The standard InChI is InChI=1S/C20H30N2O2.ClH/c1-14-6-7-15(2)19(12-14)24-17-8-10-22(11-9-17)20(23)13-16-4-3-5-18(16)21;/h6-7,12,16-18H,3-5,8-11,13,21H2,1-2H3;1H/t16-,18+;/m0./s1. The number of halogens is 1. The highest BCUT2D eigenvalue weighted by atomic mass is 35.5. The lowest BCUT2D eigenvalue weighted by Gasteiger charge is -2.33. The second-order valence-electron chi connectivity index (χ2n) is 7.53. The van der Waals surface area contributed by atoms with Crippen molar-refractivity contribution >= 4 is 18.3 Å². The molecule has 1 saturated carbocycles. The van der Waals surface area contributed by atoms with E-state index < -0.39 is 0 Å². The number of hydrogen-bond donors (Lipinski definition) is 1. The molecule has 0 radical (unpaired) electrons. The number of hydrogen-bond acceptors (Lipinski definition) is 3. The summed E-state index contributed by atoms with van der Waals surface area (Å²) in [4.78, 5) is 14.5. The molecule has 1 aromatic carbocycles. The van der Waals surface area contributed by atoms with Crippen LogP contribution in [0.3, 0.4) is 0 Å². The normalized spacial score (nSPS) is 24.0. The summed E-state index contributed by atoms with van der Waals surface area (Å²) in [5.74, 6) is 1.65. The van der Waals surface area contributed by atoms with Crippen LogP contribution in [0.1, 0.15) is 49.7 Å². The summed E-state index contributed by atoms with van der Waals surface area (Å²) in [6.45, 7) is 5.77. The molecule has 5 heteroatoms. The number of rotatable bonds is 4. The van der Waals surface area contributed by atoms with Gasteiger partial charge in [0.25, 0.3) is 0 Å². The molecule has 0 bridgehead atoms. The fourth-order valence-corrected chi connectivity index (χ4v) is 3.91. The van der Waals surface area contributed by atoms with Crippen molar-refractivity contribution in [2.45, 2.75) is 64.5 Å². The maximum absolute atomic E-state index is 12.5. The van der Waals surface area contributed by atoms with Gasteiger partial charge in [-0.05, 0) is 49.8 Å². The van der Waals surface area contributed by atoms with Crippen molar-refractivity contribution in [3.05, 3.63) is 29.3 Å². The van der Waals surface area contributed by atoms with Crippen molar-refractivity contribution in [3.63, 3.8) is 0 Å². The van der Waals surface area contributed by atoms with Crippen LogP contribution in [0, 0.1) is 19.8 Å². The zero-order valence-electron chi connectivity index (χ0n) is 15.4. The zero-order chi connectivity index (χ0) is 17.1. The van der Waals surface area contributed by atoms with E-state index in [4.69, 9.17) is 10.5 Å². The monoisotopic (exact) mass is 366 g/mol. The number of nitrogens with two attached hydrogens (primary N) is 1. The number of carbonyl (C=O) groups is 1. The molecule has 0 unspecified atom stereocenters. The van der Waals surface area contributed by atoms with Crippen LogP contribution >= 0.6 is 12.4 Å². The largest absolute Gasteiger partial charge is 0.490 e. The van der Waals surface area contributed by atoms with Gasteiger partial charge in [0, 0.05) is 38.4 Å². The quantitative estimate of drug-likeness (QED) is 0.885. The Morgan fingerprint density at radius 3 is 2.56 bits per heavy atom. The van der Waals surface area contributed by atoms with E-state index in [1.807, 2.05) is 4.90 Å². The number of likely N-dealkylation sites (tertiary alicyclic amines) is 1. The van der Waals surface area contributed by atoms with E-state index in [0.717, 1.165) is 44.5 Å². The third kappa shape index (κ3) is 5.11. The molecule has 1 aromatic rings. The van der Waals surface area contributed by atoms with Crippen molar-refractivity contribution in [3.8, 4) is 5.75 Å². The van der Waals surface area contributed by atoms with Crippen LogP contribution in [0.4, 0.5) is 0 Å². The predicted molar refractivity (Wildman–Crippen MR) is 103 cm³/mol. The van der Waals surface area contributed by atoms with Gasteiger partial charge in [0.15, 0.2) is 0 Å². The highest BCUT2D eigenvalue weighted by Crippen LogP contribution is 2.28. The van der Waals surface area contributed by atoms with Gasteiger partial charge in [-0.15, -0.1) is 12.4 Å². The molecule has 2 aliphatic rings. The lowest BCUT2D eigenvalue weighted by molar-refractivity contribution is -0.134. The molecule has 2 fully saturated rings. The van der Waals surface area contributed by atoms with Gasteiger partial charge >= 0.3 is 0 Å². The molecule has 1 aliphatic carbocycles. The molecule has 25 heavy (non-hydrogen) atoms. The number of ether oxygens (including phenoxy) is 1. The van der Waals surface area contributed by atoms with Crippen LogP contribution < -0.4 is 10.5 Å². The molecular formula is C20H31ClN2O2. The van der Waals surface area contributed by atoms with Gasteiger partial charge in [-0.25, -0.2) is 0 Å². The SMILES string of the molecule is Cc1ccc(C)c(OC2CCN(C(=O)C[C@@H]3CCC[C@H]3N)CC2)c1.Cl. The Kier molecular flexibility index (Phi) is 7.14. The van der Waals surface area contributed by atoms with E-state index in [-0.39, 0.29) is 30.5 Å². The molecule has 0 aromatic heterocycles. The molecule has 2 atom stereocenters. The minimum absolute atomic E-state index is 0. The summed E-state index contributed by atoms with van der Waals surface area (Å²) in [7, 11) is 0. The van der Waals surface area contributed by atoms with Crippen LogP contribution in [0.15, 0.2) is 18.2 Å². The molecule has 4 nitrogen and oxygen atoms in total. The number of amides is 1. The first-order valence-electron chi connectivity index (χ1n) is 9.30. The Hall–Kier alpha value is -1.26. The Bertz CT molecular complexity index is 585. The fraction of sp³-hybridized carbons (Fsp3) is 0.650. The molecule has 2 N–H and O–H groups in total. The van der Waals surface area contributed by atoms with Crippen LogP contribution in [0.2, 0.25) is 0 Å². The van der Waals surface area contributed by atoms with Crippen molar-refractivity contribution in [2.24, 2.45) is 11.7 Å². The minimum Gasteiger partial charge on any atom is -0.490 e. The Labute approximate surface area is 157 Å². The first kappa shape index (κ1) is 20.1. The van der Waals surface area contributed by atoms with Crippen molar-refractivity contribution < 1.29 is 9.53 Å². The Morgan fingerprint density at radius 1 is 1.20 bits per heavy atom. The van der Waals surface area contributed by atoms with E-state index in [9.17, 15) is 4.79 Å². The number of benzene rings is 1.